The van der Waals surface area contributed by atoms with Crippen molar-refractivity contribution < 1.29 is 13.2 Å². The quantitative estimate of drug-likeness (QED) is 0.716. The van der Waals surface area contributed by atoms with Crippen LogP contribution in [0.1, 0.15) is 39.0 Å². The fourth-order valence-corrected chi connectivity index (χ4v) is 3.67. The molecule has 1 nitrogen and oxygen atoms in total. The van der Waals surface area contributed by atoms with Gasteiger partial charge in [-0.3, -0.25) is 0 Å². The van der Waals surface area contributed by atoms with Crippen molar-refractivity contribution in [3.63, 3.8) is 0 Å². The molecule has 0 radical (unpaired) electrons. The predicted octanol–water partition coefficient (Wildman–Crippen LogP) is 3.71. The molecule has 2 rings (SSSR count). The number of hydrogen-bond acceptors (Lipinski definition) is 1. The van der Waals surface area contributed by atoms with Crippen molar-refractivity contribution in [2.45, 2.75) is 56.6 Å². The zero-order valence-electron chi connectivity index (χ0n) is 9.99. The van der Waals surface area contributed by atoms with Gasteiger partial charge in [-0.1, -0.05) is 12.8 Å². The second kappa shape index (κ2) is 4.61. The minimum Gasteiger partial charge on any atom is -0.312 e. The first-order chi connectivity index (χ1) is 7.87. The van der Waals surface area contributed by atoms with Gasteiger partial charge in [-0.25, -0.2) is 0 Å². The lowest BCUT2D eigenvalue weighted by atomic mass is 9.68. The summed E-state index contributed by atoms with van der Waals surface area (Å²) in [6, 6.07) is -0.0338. The molecule has 100 valence electrons. The first-order valence-electron chi connectivity index (χ1n) is 6.31. The normalized spacial score (nSPS) is 40.8. The summed E-state index contributed by atoms with van der Waals surface area (Å²) in [4.78, 5) is 0. The van der Waals surface area contributed by atoms with Gasteiger partial charge in [-0.05, 0) is 32.1 Å². The Morgan fingerprint density at radius 1 is 1.24 bits per heavy atom. The monoisotopic (exact) mass is 269 g/mol. The van der Waals surface area contributed by atoms with Crippen molar-refractivity contribution in [2.24, 2.45) is 11.3 Å². The van der Waals surface area contributed by atoms with Crippen LogP contribution in [0.4, 0.5) is 13.2 Å². The molecule has 1 aliphatic carbocycles. The van der Waals surface area contributed by atoms with Crippen LogP contribution in [0.5, 0.6) is 0 Å². The van der Waals surface area contributed by atoms with Gasteiger partial charge < -0.3 is 5.32 Å². The summed E-state index contributed by atoms with van der Waals surface area (Å²) in [7, 11) is 0. The van der Waals surface area contributed by atoms with Crippen LogP contribution in [-0.4, -0.2) is 24.1 Å². The largest absolute Gasteiger partial charge is 0.396 e. The summed E-state index contributed by atoms with van der Waals surface area (Å²) in [6.07, 6.45) is -0.854. The molecule has 3 unspecified atom stereocenters. The first kappa shape index (κ1) is 13.5. The van der Waals surface area contributed by atoms with Crippen LogP contribution in [0.15, 0.2) is 0 Å². The summed E-state index contributed by atoms with van der Waals surface area (Å²) in [5, 5.41) is 2.53. The molecule has 17 heavy (non-hydrogen) atoms. The van der Waals surface area contributed by atoms with Crippen LogP contribution in [0.3, 0.4) is 0 Å². The average Bonchev–Trinajstić information content (AvgIpc) is 2.74. The van der Waals surface area contributed by atoms with Gasteiger partial charge in [-0.15, -0.1) is 11.6 Å². The van der Waals surface area contributed by atoms with Gasteiger partial charge in [0, 0.05) is 18.0 Å². The van der Waals surface area contributed by atoms with Gasteiger partial charge in [-0.2, -0.15) is 13.2 Å². The summed E-state index contributed by atoms with van der Waals surface area (Å²) >= 11 is 6.07. The lowest BCUT2D eigenvalue weighted by Gasteiger charge is -2.47. The average molecular weight is 270 g/mol. The van der Waals surface area contributed by atoms with Crippen molar-refractivity contribution in [3.8, 4) is 0 Å². The molecule has 3 atom stereocenters. The van der Waals surface area contributed by atoms with E-state index in [-0.39, 0.29) is 24.9 Å². The molecule has 1 aliphatic heterocycles. The topological polar surface area (TPSA) is 12.0 Å². The second-order valence-electron chi connectivity index (χ2n) is 5.52. The van der Waals surface area contributed by atoms with Crippen molar-refractivity contribution in [2.75, 3.05) is 6.54 Å². The van der Waals surface area contributed by atoms with E-state index in [1.165, 1.54) is 0 Å². The van der Waals surface area contributed by atoms with Gasteiger partial charge >= 0.3 is 6.18 Å². The Balaban J connectivity index is 2.24. The van der Waals surface area contributed by atoms with E-state index in [1.54, 1.807) is 0 Å². The number of rotatable bonds is 1. The predicted molar refractivity (Wildman–Crippen MR) is 62.2 cm³/mol. The Bertz CT molecular complexity index is 275. The van der Waals surface area contributed by atoms with Crippen molar-refractivity contribution in [1.82, 2.24) is 5.32 Å². The standard InChI is InChI=1S/C12H19ClF3N/c1-8-10(13)6-11(7-17-8,12(14,15)16)9-4-2-3-5-9/h8-10,17H,2-7H2,1H3. The zero-order chi connectivity index (χ0) is 12.7. The molecule has 0 aromatic rings. The van der Waals surface area contributed by atoms with Crippen LogP contribution in [-0.2, 0) is 0 Å². The minimum atomic E-state index is -4.15. The maximum atomic E-state index is 13.5. The highest BCUT2D eigenvalue weighted by Gasteiger charge is 2.61. The van der Waals surface area contributed by atoms with E-state index in [2.05, 4.69) is 5.32 Å². The summed E-state index contributed by atoms with van der Waals surface area (Å²) < 4.78 is 40.4. The zero-order valence-corrected chi connectivity index (χ0v) is 10.7. The molecule has 0 spiro atoms. The maximum Gasteiger partial charge on any atom is 0.396 e. The van der Waals surface area contributed by atoms with Gasteiger partial charge in [0.05, 0.1) is 5.41 Å². The van der Waals surface area contributed by atoms with E-state index in [0.29, 0.717) is 12.8 Å². The number of alkyl halides is 4. The molecule has 1 saturated heterocycles. The molecule has 2 fully saturated rings. The van der Waals surface area contributed by atoms with E-state index in [1.807, 2.05) is 6.92 Å². The highest BCUT2D eigenvalue weighted by Crippen LogP contribution is 2.54. The SMILES string of the molecule is CC1NCC(C2CCCC2)(C(F)(F)F)CC1Cl. The fraction of sp³-hybridized carbons (Fsp3) is 1.00. The molecule has 0 aromatic carbocycles. The Morgan fingerprint density at radius 2 is 1.82 bits per heavy atom. The molecule has 0 bridgehead atoms. The van der Waals surface area contributed by atoms with Gasteiger partial charge in [0.2, 0.25) is 0 Å². The summed E-state index contributed by atoms with van der Waals surface area (Å²) in [6.45, 7) is 1.89. The van der Waals surface area contributed by atoms with E-state index in [0.717, 1.165) is 12.8 Å². The molecule has 2 aliphatic rings. The van der Waals surface area contributed by atoms with Crippen LogP contribution in [0.25, 0.3) is 0 Å². The highest BCUT2D eigenvalue weighted by molar-refractivity contribution is 6.21. The number of halogens is 4. The van der Waals surface area contributed by atoms with Gasteiger partial charge in [0.25, 0.3) is 0 Å². The number of piperidine rings is 1. The lowest BCUT2D eigenvalue weighted by molar-refractivity contribution is -0.249. The lowest BCUT2D eigenvalue weighted by Crippen LogP contribution is -2.59. The van der Waals surface area contributed by atoms with E-state index in [9.17, 15) is 13.2 Å². The van der Waals surface area contributed by atoms with Crippen molar-refractivity contribution >= 4 is 11.6 Å². The van der Waals surface area contributed by atoms with E-state index < -0.39 is 17.0 Å². The second-order valence-corrected chi connectivity index (χ2v) is 6.09. The first-order valence-corrected chi connectivity index (χ1v) is 6.75. The van der Waals surface area contributed by atoms with E-state index >= 15 is 0 Å². The Hall–Kier alpha value is 0.0400. The minimum absolute atomic E-state index is 0.0333. The van der Waals surface area contributed by atoms with E-state index in [4.69, 9.17) is 11.6 Å². The molecule has 1 saturated carbocycles. The molecule has 1 heterocycles. The Kier molecular flexibility index (Phi) is 3.66. The van der Waals surface area contributed by atoms with Crippen LogP contribution in [0.2, 0.25) is 0 Å². The molecular weight excluding hydrogens is 251 g/mol. The Morgan fingerprint density at radius 3 is 2.29 bits per heavy atom. The fourth-order valence-electron chi connectivity index (χ4n) is 3.30. The molecule has 0 aromatic heterocycles. The summed E-state index contributed by atoms with van der Waals surface area (Å²) in [5.74, 6) is -0.247. The third-order valence-electron chi connectivity index (χ3n) is 4.54. The molecular formula is C12H19ClF3N. The third kappa shape index (κ3) is 2.30. The maximum absolute atomic E-state index is 13.5. The number of nitrogens with one attached hydrogen (secondary N) is 1. The highest BCUT2D eigenvalue weighted by atomic mass is 35.5. The smallest absolute Gasteiger partial charge is 0.312 e. The summed E-state index contributed by atoms with van der Waals surface area (Å²) in [5.41, 5.74) is -1.59. The number of hydrogen-bond donors (Lipinski definition) is 1. The van der Waals surface area contributed by atoms with Crippen LogP contribution >= 0.6 is 11.6 Å². The molecule has 0 amide bonds. The molecule has 5 heteroatoms. The van der Waals surface area contributed by atoms with Gasteiger partial charge in [0.1, 0.15) is 0 Å². The third-order valence-corrected chi connectivity index (χ3v) is 5.07. The van der Waals surface area contributed by atoms with Gasteiger partial charge in [0.15, 0.2) is 0 Å². The van der Waals surface area contributed by atoms with Crippen molar-refractivity contribution in [1.29, 1.82) is 0 Å². The Labute approximate surface area is 105 Å². The van der Waals surface area contributed by atoms with Crippen LogP contribution in [0, 0.1) is 11.3 Å². The van der Waals surface area contributed by atoms with Crippen molar-refractivity contribution in [3.05, 3.63) is 0 Å². The van der Waals surface area contributed by atoms with Crippen LogP contribution < -0.4 is 5.32 Å². The molecule has 1 N–H and O–H groups in total.